The van der Waals surface area contributed by atoms with E-state index in [2.05, 4.69) is 17.1 Å². The van der Waals surface area contributed by atoms with Crippen molar-refractivity contribution in [3.63, 3.8) is 0 Å². The summed E-state index contributed by atoms with van der Waals surface area (Å²) in [6.45, 7) is 5.11. The zero-order chi connectivity index (χ0) is 14.2. The molecule has 2 fully saturated rings. The summed E-state index contributed by atoms with van der Waals surface area (Å²) in [5.74, 6) is 0. The van der Waals surface area contributed by atoms with Crippen LogP contribution in [-0.4, -0.2) is 36.8 Å². The molecular weight excluding hydrogens is 282 g/mol. The summed E-state index contributed by atoms with van der Waals surface area (Å²) in [5, 5.41) is 4.89. The Morgan fingerprint density at radius 2 is 2.29 bits per heavy atom. The molecule has 3 aliphatic rings. The van der Waals surface area contributed by atoms with Crippen LogP contribution in [0.1, 0.15) is 55.6 Å². The van der Waals surface area contributed by atoms with E-state index >= 15 is 0 Å². The van der Waals surface area contributed by atoms with Gasteiger partial charge in [0, 0.05) is 17.5 Å². The second kappa shape index (κ2) is 5.86. The minimum Gasteiger partial charge on any atom is -0.374 e. The molecule has 1 saturated carbocycles. The lowest BCUT2D eigenvalue weighted by molar-refractivity contribution is 0.0256. The third kappa shape index (κ3) is 2.49. The zero-order valence-corrected chi connectivity index (χ0v) is 13.6. The fourth-order valence-corrected chi connectivity index (χ4v) is 5.44. The zero-order valence-electron chi connectivity index (χ0n) is 12.8. The molecule has 21 heavy (non-hydrogen) atoms. The SMILES string of the molecule is CCNC1CCCc2nc(N3CCOC4CCCC43)sc21. The Morgan fingerprint density at radius 1 is 1.33 bits per heavy atom. The maximum absolute atomic E-state index is 5.94. The largest absolute Gasteiger partial charge is 0.374 e. The number of hydrogen-bond acceptors (Lipinski definition) is 5. The molecule has 116 valence electrons. The van der Waals surface area contributed by atoms with Crippen LogP contribution in [-0.2, 0) is 11.2 Å². The molecule has 4 nitrogen and oxygen atoms in total. The van der Waals surface area contributed by atoms with Crippen molar-refractivity contribution < 1.29 is 4.74 Å². The van der Waals surface area contributed by atoms with Crippen LogP contribution in [0.15, 0.2) is 0 Å². The number of ether oxygens (including phenoxy) is 1. The summed E-state index contributed by atoms with van der Waals surface area (Å²) in [6, 6.07) is 1.11. The lowest BCUT2D eigenvalue weighted by Gasteiger charge is -2.37. The van der Waals surface area contributed by atoms with E-state index in [1.165, 1.54) is 47.8 Å². The number of fused-ring (bicyclic) bond motifs is 2. The second-order valence-electron chi connectivity index (χ2n) is 6.41. The van der Waals surface area contributed by atoms with Gasteiger partial charge in [-0.2, -0.15) is 0 Å². The number of aromatic nitrogens is 1. The van der Waals surface area contributed by atoms with Gasteiger partial charge < -0.3 is 15.0 Å². The van der Waals surface area contributed by atoms with Gasteiger partial charge in [0.05, 0.1) is 24.4 Å². The number of hydrogen-bond donors (Lipinski definition) is 1. The lowest BCUT2D eigenvalue weighted by Crippen LogP contribution is -2.48. The predicted molar refractivity (Wildman–Crippen MR) is 86.2 cm³/mol. The Labute approximate surface area is 130 Å². The molecule has 5 heteroatoms. The minimum atomic E-state index is 0.448. The van der Waals surface area contributed by atoms with Crippen molar-refractivity contribution in [3.05, 3.63) is 10.6 Å². The van der Waals surface area contributed by atoms with Crippen molar-refractivity contribution in [2.45, 2.75) is 63.6 Å². The van der Waals surface area contributed by atoms with Crippen LogP contribution in [0, 0.1) is 0 Å². The quantitative estimate of drug-likeness (QED) is 0.932. The van der Waals surface area contributed by atoms with Crippen LogP contribution < -0.4 is 10.2 Å². The van der Waals surface area contributed by atoms with Crippen molar-refractivity contribution >= 4 is 16.5 Å². The monoisotopic (exact) mass is 307 g/mol. The average Bonchev–Trinajstić information content (AvgIpc) is 3.14. The number of anilines is 1. The van der Waals surface area contributed by atoms with E-state index < -0.39 is 0 Å². The number of aryl methyl sites for hydroxylation is 1. The molecule has 1 aromatic rings. The number of nitrogens with zero attached hydrogens (tertiary/aromatic N) is 2. The van der Waals surface area contributed by atoms with E-state index in [9.17, 15) is 0 Å². The lowest BCUT2D eigenvalue weighted by atomic mass is 9.98. The van der Waals surface area contributed by atoms with Gasteiger partial charge in [-0.15, -0.1) is 0 Å². The molecule has 2 heterocycles. The maximum atomic E-state index is 5.94. The van der Waals surface area contributed by atoms with Gasteiger partial charge in [0.15, 0.2) is 5.13 Å². The molecule has 3 atom stereocenters. The second-order valence-corrected chi connectivity index (χ2v) is 7.42. The van der Waals surface area contributed by atoms with Crippen LogP contribution in [0.4, 0.5) is 5.13 Å². The molecule has 1 aliphatic heterocycles. The molecule has 2 aliphatic carbocycles. The Hall–Kier alpha value is -0.650. The van der Waals surface area contributed by atoms with E-state index in [-0.39, 0.29) is 0 Å². The molecule has 4 rings (SSSR count). The number of morpholine rings is 1. The summed E-state index contributed by atoms with van der Waals surface area (Å²) >= 11 is 1.94. The van der Waals surface area contributed by atoms with Crippen LogP contribution in [0.3, 0.4) is 0 Å². The molecular formula is C16H25N3OS. The highest BCUT2D eigenvalue weighted by molar-refractivity contribution is 7.15. The highest BCUT2D eigenvalue weighted by Crippen LogP contribution is 2.40. The number of nitrogens with one attached hydrogen (secondary N) is 1. The van der Waals surface area contributed by atoms with Crippen LogP contribution in [0.2, 0.25) is 0 Å². The normalized spacial score (nSPS) is 32.0. The maximum Gasteiger partial charge on any atom is 0.186 e. The summed E-state index contributed by atoms with van der Waals surface area (Å²) in [4.78, 5) is 9.06. The number of rotatable bonds is 3. The molecule has 0 aromatic carbocycles. The highest BCUT2D eigenvalue weighted by Gasteiger charge is 2.38. The highest BCUT2D eigenvalue weighted by atomic mass is 32.1. The standard InChI is InChI=1S/C16H25N3OS/c1-2-17-11-5-3-6-12-15(11)21-16(18-12)19-9-10-20-14-8-4-7-13(14)19/h11,13-14,17H,2-10H2,1H3. The molecule has 1 aromatic heterocycles. The Balaban J connectivity index is 1.61. The van der Waals surface area contributed by atoms with Gasteiger partial charge in [-0.1, -0.05) is 18.3 Å². The van der Waals surface area contributed by atoms with Gasteiger partial charge in [-0.3, -0.25) is 0 Å². The summed E-state index contributed by atoms with van der Waals surface area (Å²) in [5.41, 5.74) is 1.35. The molecule has 0 bridgehead atoms. The topological polar surface area (TPSA) is 37.4 Å². The first-order valence-corrected chi connectivity index (χ1v) is 9.29. The fourth-order valence-electron chi connectivity index (χ4n) is 4.13. The van der Waals surface area contributed by atoms with Crippen molar-refractivity contribution in [3.8, 4) is 0 Å². The van der Waals surface area contributed by atoms with Crippen LogP contribution >= 0.6 is 11.3 Å². The summed E-state index contributed by atoms with van der Waals surface area (Å²) in [7, 11) is 0. The molecule has 1 N–H and O–H groups in total. The molecule has 3 unspecified atom stereocenters. The van der Waals surface area contributed by atoms with Crippen molar-refractivity contribution in [2.75, 3.05) is 24.6 Å². The van der Waals surface area contributed by atoms with Crippen LogP contribution in [0.5, 0.6) is 0 Å². The van der Waals surface area contributed by atoms with Crippen molar-refractivity contribution in [1.82, 2.24) is 10.3 Å². The average molecular weight is 307 g/mol. The smallest absolute Gasteiger partial charge is 0.186 e. The van der Waals surface area contributed by atoms with Gasteiger partial charge in [-0.25, -0.2) is 4.98 Å². The van der Waals surface area contributed by atoms with Gasteiger partial charge in [0.2, 0.25) is 0 Å². The minimum absolute atomic E-state index is 0.448. The molecule has 0 spiro atoms. The van der Waals surface area contributed by atoms with Gasteiger partial charge in [-0.05, 0) is 45.1 Å². The van der Waals surface area contributed by atoms with Crippen LogP contribution in [0.25, 0.3) is 0 Å². The Morgan fingerprint density at radius 3 is 3.19 bits per heavy atom. The van der Waals surface area contributed by atoms with Gasteiger partial charge in [0.25, 0.3) is 0 Å². The molecule has 1 saturated heterocycles. The van der Waals surface area contributed by atoms with Gasteiger partial charge >= 0.3 is 0 Å². The van der Waals surface area contributed by atoms with E-state index in [4.69, 9.17) is 9.72 Å². The molecule has 0 amide bonds. The third-order valence-corrected chi connectivity index (χ3v) is 6.37. The predicted octanol–water partition coefficient (Wildman–Crippen LogP) is 2.89. The van der Waals surface area contributed by atoms with E-state index in [0.717, 1.165) is 26.1 Å². The first kappa shape index (κ1) is 14.0. The van der Waals surface area contributed by atoms with Crippen molar-refractivity contribution in [2.24, 2.45) is 0 Å². The third-order valence-electron chi connectivity index (χ3n) is 5.12. The first-order chi connectivity index (χ1) is 10.4. The van der Waals surface area contributed by atoms with E-state index in [0.29, 0.717) is 18.2 Å². The summed E-state index contributed by atoms with van der Waals surface area (Å²) in [6.07, 6.45) is 7.94. The summed E-state index contributed by atoms with van der Waals surface area (Å²) < 4.78 is 5.94. The van der Waals surface area contributed by atoms with Crippen molar-refractivity contribution in [1.29, 1.82) is 0 Å². The Bertz CT molecular complexity index is 504. The molecule has 0 radical (unpaired) electrons. The van der Waals surface area contributed by atoms with Gasteiger partial charge in [0.1, 0.15) is 0 Å². The van der Waals surface area contributed by atoms with E-state index in [1.807, 2.05) is 11.3 Å². The fraction of sp³-hybridized carbons (Fsp3) is 0.812. The first-order valence-electron chi connectivity index (χ1n) is 8.48. The Kier molecular flexibility index (Phi) is 3.90. The van der Waals surface area contributed by atoms with E-state index in [1.54, 1.807) is 0 Å². The number of thiazole rings is 1.